The lowest BCUT2D eigenvalue weighted by Gasteiger charge is -2.05. The van der Waals surface area contributed by atoms with Crippen LogP contribution in [-0.2, 0) is 6.54 Å². The second-order valence-corrected chi connectivity index (χ2v) is 5.12. The predicted octanol–water partition coefficient (Wildman–Crippen LogP) is 3.57. The molecule has 0 spiro atoms. The smallest absolute Gasteiger partial charge is 0.270 e. The number of aromatic nitrogens is 1. The summed E-state index contributed by atoms with van der Waals surface area (Å²) in [5.74, 6) is -0.778. The number of carbonyl (C=O) groups is 1. The largest absolute Gasteiger partial charge is 0.347 e. The van der Waals surface area contributed by atoms with E-state index in [4.69, 9.17) is 11.6 Å². The molecule has 1 N–H and O–H groups in total. The lowest BCUT2D eigenvalue weighted by atomic mass is 10.2. The highest BCUT2D eigenvalue weighted by atomic mass is 79.9. The van der Waals surface area contributed by atoms with E-state index in [2.05, 4.69) is 26.2 Å². The highest BCUT2D eigenvalue weighted by Gasteiger charge is 2.07. The van der Waals surface area contributed by atoms with Gasteiger partial charge in [-0.3, -0.25) is 4.79 Å². The molecule has 6 heteroatoms. The first kappa shape index (κ1) is 14.0. The van der Waals surface area contributed by atoms with Crippen molar-refractivity contribution in [3.8, 4) is 0 Å². The Morgan fingerprint density at radius 3 is 2.79 bits per heavy atom. The lowest BCUT2D eigenvalue weighted by Crippen LogP contribution is -2.23. The number of amides is 1. The van der Waals surface area contributed by atoms with Crippen LogP contribution >= 0.6 is 27.5 Å². The zero-order valence-electron chi connectivity index (χ0n) is 9.66. The Morgan fingerprint density at radius 1 is 1.37 bits per heavy atom. The summed E-state index contributed by atoms with van der Waals surface area (Å²) in [6, 6.07) is 7.65. The molecule has 0 saturated heterocycles. The minimum Gasteiger partial charge on any atom is -0.347 e. The van der Waals surface area contributed by atoms with Gasteiger partial charge < -0.3 is 5.32 Å². The summed E-state index contributed by atoms with van der Waals surface area (Å²) in [6.45, 7) is 0.260. The molecule has 0 aliphatic rings. The summed E-state index contributed by atoms with van der Waals surface area (Å²) >= 11 is 8.90. The Labute approximate surface area is 122 Å². The second-order valence-electron chi connectivity index (χ2n) is 3.79. The maximum Gasteiger partial charge on any atom is 0.270 e. The fourth-order valence-corrected chi connectivity index (χ4v) is 1.87. The first-order chi connectivity index (χ1) is 9.06. The Hall–Kier alpha value is -1.46. The molecule has 1 amide bonds. The third kappa shape index (κ3) is 3.75. The van der Waals surface area contributed by atoms with Crippen LogP contribution in [0.4, 0.5) is 4.39 Å². The van der Waals surface area contributed by atoms with Crippen LogP contribution in [0, 0.1) is 5.82 Å². The molecule has 0 atom stereocenters. The average Bonchev–Trinajstić information content (AvgIpc) is 2.40. The van der Waals surface area contributed by atoms with E-state index in [0.29, 0.717) is 5.69 Å². The normalized spacial score (nSPS) is 10.3. The van der Waals surface area contributed by atoms with Crippen LogP contribution in [0.25, 0.3) is 0 Å². The minimum atomic E-state index is -0.480. The van der Waals surface area contributed by atoms with E-state index in [0.717, 1.165) is 10.0 Å². The number of pyridine rings is 1. The fourth-order valence-electron chi connectivity index (χ4n) is 1.43. The number of hydrogen-bond donors (Lipinski definition) is 1. The van der Waals surface area contributed by atoms with Crippen LogP contribution in [0.1, 0.15) is 16.1 Å². The van der Waals surface area contributed by atoms with Gasteiger partial charge in [-0.25, -0.2) is 9.37 Å². The first-order valence-corrected chi connectivity index (χ1v) is 6.57. The molecule has 0 unspecified atom stereocenters. The van der Waals surface area contributed by atoms with E-state index >= 15 is 0 Å². The number of nitrogens with zero attached hydrogens (tertiary/aromatic N) is 1. The van der Waals surface area contributed by atoms with Gasteiger partial charge in [-0.15, -0.1) is 0 Å². The second kappa shape index (κ2) is 6.12. The van der Waals surface area contributed by atoms with E-state index in [1.54, 1.807) is 24.4 Å². The number of benzene rings is 1. The van der Waals surface area contributed by atoms with Crippen LogP contribution in [0.5, 0.6) is 0 Å². The third-order valence-electron chi connectivity index (χ3n) is 2.40. The highest BCUT2D eigenvalue weighted by molar-refractivity contribution is 9.10. The Bertz CT molecular complexity index is 604. The minimum absolute atomic E-state index is 0.0357. The van der Waals surface area contributed by atoms with E-state index in [1.807, 2.05) is 0 Å². The SMILES string of the molecule is O=C(NCc1ccc(F)c(Cl)c1)c1ccc(Br)cn1. The van der Waals surface area contributed by atoms with E-state index in [1.165, 1.54) is 12.1 Å². The monoisotopic (exact) mass is 342 g/mol. The molecule has 1 heterocycles. The van der Waals surface area contributed by atoms with Crippen molar-refractivity contribution >= 4 is 33.4 Å². The van der Waals surface area contributed by atoms with Crippen molar-refractivity contribution in [2.24, 2.45) is 0 Å². The van der Waals surface area contributed by atoms with Gasteiger partial charge in [-0.05, 0) is 45.8 Å². The highest BCUT2D eigenvalue weighted by Crippen LogP contribution is 2.16. The summed E-state index contributed by atoms with van der Waals surface area (Å²) in [6.07, 6.45) is 1.55. The fraction of sp³-hybridized carbons (Fsp3) is 0.0769. The first-order valence-electron chi connectivity index (χ1n) is 5.40. The summed E-state index contributed by atoms with van der Waals surface area (Å²) < 4.78 is 13.8. The molecule has 0 saturated carbocycles. The molecule has 2 aromatic rings. The predicted molar refractivity (Wildman–Crippen MR) is 74.5 cm³/mol. The topological polar surface area (TPSA) is 42.0 Å². The molecule has 19 heavy (non-hydrogen) atoms. The Balaban J connectivity index is 2.00. The van der Waals surface area contributed by atoms with Crippen LogP contribution in [0.3, 0.4) is 0 Å². The summed E-state index contributed by atoms with van der Waals surface area (Å²) in [4.78, 5) is 15.8. The lowest BCUT2D eigenvalue weighted by molar-refractivity contribution is 0.0946. The zero-order chi connectivity index (χ0) is 13.8. The van der Waals surface area contributed by atoms with Gasteiger partial charge in [0.25, 0.3) is 5.91 Å². The van der Waals surface area contributed by atoms with Gasteiger partial charge in [-0.2, -0.15) is 0 Å². The summed E-state index contributed by atoms with van der Waals surface area (Å²) in [7, 11) is 0. The van der Waals surface area contributed by atoms with Gasteiger partial charge in [0.1, 0.15) is 11.5 Å². The number of rotatable bonds is 3. The number of halogens is 3. The summed E-state index contributed by atoms with van der Waals surface area (Å²) in [5.41, 5.74) is 1.04. The van der Waals surface area contributed by atoms with Crippen molar-refractivity contribution in [2.75, 3.05) is 0 Å². The van der Waals surface area contributed by atoms with E-state index in [9.17, 15) is 9.18 Å². The van der Waals surface area contributed by atoms with Crippen LogP contribution in [0.2, 0.25) is 5.02 Å². The molecular formula is C13H9BrClFN2O. The summed E-state index contributed by atoms with van der Waals surface area (Å²) in [5, 5.41) is 2.72. The average molecular weight is 344 g/mol. The van der Waals surface area contributed by atoms with Gasteiger partial charge in [0, 0.05) is 17.2 Å². The molecule has 0 bridgehead atoms. The van der Waals surface area contributed by atoms with Gasteiger partial charge in [0.05, 0.1) is 5.02 Å². The van der Waals surface area contributed by atoms with Gasteiger partial charge in [0.15, 0.2) is 0 Å². The molecule has 98 valence electrons. The zero-order valence-corrected chi connectivity index (χ0v) is 12.0. The quantitative estimate of drug-likeness (QED) is 0.926. The van der Waals surface area contributed by atoms with Crippen molar-refractivity contribution < 1.29 is 9.18 Å². The Morgan fingerprint density at radius 2 is 2.16 bits per heavy atom. The molecule has 0 aliphatic carbocycles. The third-order valence-corrected chi connectivity index (χ3v) is 3.16. The molecule has 0 fully saturated rings. The van der Waals surface area contributed by atoms with Crippen molar-refractivity contribution in [2.45, 2.75) is 6.54 Å². The van der Waals surface area contributed by atoms with E-state index in [-0.39, 0.29) is 17.5 Å². The van der Waals surface area contributed by atoms with Crippen molar-refractivity contribution in [3.63, 3.8) is 0 Å². The van der Waals surface area contributed by atoms with Crippen LogP contribution in [0.15, 0.2) is 41.0 Å². The molecule has 1 aromatic heterocycles. The van der Waals surface area contributed by atoms with Gasteiger partial charge in [0.2, 0.25) is 0 Å². The maximum atomic E-state index is 13.0. The van der Waals surface area contributed by atoms with Gasteiger partial charge in [-0.1, -0.05) is 17.7 Å². The van der Waals surface area contributed by atoms with Crippen molar-refractivity contribution in [1.29, 1.82) is 0 Å². The molecule has 1 aromatic carbocycles. The van der Waals surface area contributed by atoms with Crippen LogP contribution in [-0.4, -0.2) is 10.9 Å². The molecule has 2 rings (SSSR count). The molecule has 3 nitrogen and oxygen atoms in total. The standard InChI is InChI=1S/C13H9BrClFN2O/c14-9-2-4-12(17-7-9)13(19)18-6-8-1-3-11(16)10(15)5-8/h1-5,7H,6H2,(H,18,19). The number of nitrogens with one attached hydrogen (secondary N) is 1. The van der Waals surface area contributed by atoms with E-state index < -0.39 is 5.82 Å². The number of carbonyl (C=O) groups excluding carboxylic acids is 1. The number of hydrogen-bond acceptors (Lipinski definition) is 2. The van der Waals surface area contributed by atoms with Crippen molar-refractivity contribution in [1.82, 2.24) is 10.3 Å². The van der Waals surface area contributed by atoms with Crippen LogP contribution < -0.4 is 5.32 Å². The molecule has 0 radical (unpaired) electrons. The van der Waals surface area contributed by atoms with Gasteiger partial charge >= 0.3 is 0 Å². The Kier molecular flexibility index (Phi) is 4.50. The maximum absolute atomic E-state index is 13.0. The molecule has 0 aliphatic heterocycles. The van der Waals surface area contributed by atoms with Crippen molar-refractivity contribution in [3.05, 3.63) is 63.1 Å². The molecular weight excluding hydrogens is 335 g/mol.